The Morgan fingerprint density at radius 1 is 1.41 bits per heavy atom. The predicted octanol–water partition coefficient (Wildman–Crippen LogP) is 0.306. The Hall–Kier alpha value is -2.21. The fourth-order valence-corrected chi connectivity index (χ4v) is 1.88. The summed E-state index contributed by atoms with van der Waals surface area (Å²) in [6.07, 6.45) is 5.66. The van der Waals surface area contributed by atoms with Crippen molar-refractivity contribution in [2.75, 3.05) is 0 Å². The molecule has 0 saturated heterocycles. The van der Waals surface area contributed by atoms with Crippen LogP contribution in [0.4, 0.5) is 0 Å². The maximum atomic E-state index is 5.68. The lowest BCUT2D eigenvalue weighted by Gasteiger charge is -2.02. The summed E-state index contributed by atoms with van der Waals surface area (Å²) in [6.45, 7) is 2.38. The van der Waals surface area contributed by atoms with Gasteiger partial charge in [-0.1, -0.05) is 0 Å². The third kappa shape index (κ3) is 1.50. The second kappa shape index (κ2) is 3.67. The first-order valence-electron chi connectivity index (χ1n) is 5.39. The number of nitrogens with two attached hydrogens (primary N) is 1. The van der Waals surface area contributed by atoms with Gasteiger partial charge >= 0.3 is 5.65 Å². The van der Waals surface area contributed by atoms with E-state index in [1.54, 1.807) is 0 Å². The molecule has 0 aliphatic carbocycles. The van der Waals surface area contributed by atoms with E-state index in [-0.39, 0.29) is 0 Å². The zero-order valence-corrected chi connectivity index (χ0v) is 9.44. The number of imidazole rings is 1. The van der Waals surface area contributed by atoms with Crippen LogP contribution >= 0.6 is 0 Å². The molecule has 0 aliphatic rings. The molecule has 17 heavy (non-hydrogen) atoms. The standard InChI is InChI=1S/C11H12N6/c1-7-8(5-12)4-10(16-15-7)9-6-14-17-3-2-13-11(9)17/h2-4,6H,5,12H2,1H3,(H,13,14,16)/p+1. The molecule has 0 aromatic carbocycles. The van der Waals surface area contributed by atoms with Gasteiger partial charge in [-0.3, -0.25) is 0 Å². The summed E-state index contributed by atoms with van der Waals surface area (Å²) in [4.78, 5) is 3.15. The van der Waals surface area contributed by atoms with E-state index in [9.17, 15) is 0 Å². The number of fused-ring (bicyclic) bond motifs is 1. The van der Waals surface area contributed by atoms with Crippen molar-refractivity contribution in [2.24, 2.45) is 5.73 Å². The van der Waals surface area contributed by atoms with Gasteiger partial charge in [-0.15, -0.1) is 9.61 Å². The van der Waals surface area contributed by atoms with Crippen LogP contribution in [-0.2, 0) is 6.54 Å². The summed E-state index contributed by atoms with van der Waals surface area (Å²) in [6, 6.07) is 1.98. The molecule has 3 aromatic heterocycles. The second-order valence-corrected chi connectivity index (χ2v) is 3.91. The minimum absolute atomic E-state index is 0.472. The number of aromatic amines is 2. The lowest BCUT2D eigenvalue weighted by Crippen LogP contribution is -2.18. The highest BCUT2D eigenvalue weighted by atomic mass is 15.3. The molecule has 6 heteroatoms. The quantitative estimate of drug-likeness (QED) is 0.552. The van der Waals surface area contributed by atoms with Gasteiger partial charge < -0.3 is 5.73 Å². The highest BCUT2D eigenvalue weighted by Gasteiger charge is 2.15. The molecule has 0 fully saturated rings. The number of aryl methyl sites for hydroxylation is 1. The summed E-state index contributed by atoms with van der Waals surface area (Å²) >= 11 is 0. The molecule has 3 rings (SSSR count). The topological polar surface area (TPSA) is 87.5 Å². The van der Waals surface area contributed by atoms with E-state index in [1.165, 1.54) is 0 Å². The van der Waals surface area contributed by atoms with Gasteiger partial charge in [0.25, 0.3) is 0 Å². The third-order valence-corrected chi connectivity index (χ3v) is 2.87. The number of hydrogen-bond donors (Lipinski definition) is 3. The van der Waals surface area contributed by atoms with E-state index in [1.807, 2.05) is 36.1 Å². The van der Waals surface area contributed by atoms with E-state index in [0.717, 1.165) is 28.2 Å². The molecule has 3 aromatic rings. The van der Waals surface area contributed by atoms with Gasteiger partial charge in [-0.05, 0) is 18.6 Å². The van der Waals surface area contributed by atoms with Gasteiger partial charge in [-0.2, -0.15) is 5.10 Å². The molecular formula is C11H13N6+. The fraction of sp³-hybridized carbons (Fsp3) is 0.182. The largest absolute Gasteiger partial charge is 0.326 e. The van der Waals surface area contributed by atoms with Crippen molar-refractivity contribution in [1.82, 2.24) is 20.3 Å². The molecule has 0 spiro atoms. The minimum Gasteiger partial charge on any atom is -0.326 e. The first-order chi connectivity index (χ1) is 8.29. The summed E-state index contributed by atoms with van der Waals surface area (Å²) < 4.78 is 1.89. The van der Waals surface area contributed by atoms with Gasteiger partial charge in [0.2, 0.25) is 0 Å². The van der Waals surface area contributed by atoms with Crippen LogP contribution in [0.1, 0.15) is 11.3 Å². The summed E-state index contributed by atoms with van der Waals surface area (Å²) in [5.41, 5.74) is 10.3. The number of nitrogens with one attached hydrogen (secondary N) is 2. The number of rotatable bonds is 2. The Morgan fingerprint density at radius 3 is 3.12 bits per heavy atom. The highest BCUT2D eigenvalue weighted by Crippen LogP contribution is 2.19. The Morgan fingerprint density at radius 2 is 2.29 bits per heavy atom. The van der Waals surface area contributed by atoms with Gasteiger partial charge in [0.05, 0.1) is 11.9 Å². The zero-order chi connectivity index (χ0) is 11.8. The Kier molecular flexibility index (Phi) is 2.15. The fourth-order valence-electron chi connectivity index (χ4n) is 1.88. The molecular weight excluding hydrogens is 216 g/mol. The molecule has 0 atom stereocenters. The lowest BCUT2D eigenvalue weighted by molar-refractivity contribution is -0.574. The van der Waals surface area contributed by atoms with Crippen molar-refractivity contribution in [3.8, 4) is 11.3 Å². The van der Waals surface area contributed by atoms with E-state index in [4.69, 9.17) is 5.73 Å². The lowest BCUT2D eigenvalue weighted by atomic mass is 10.1. The Balaban J connectivity index is 2.19. The highest BCUT2D eigenvalue weighted by molar-refractivity contribution is 5.71. The van der Waals surface area contributed by atoms with E-state index in [2.05, 4.69) is 20.3 Å². The van der Waals surface area contributed by atoms with Crippen molar-refractivity contribution in [1.29, 1.82) is 0 Å². The number of H-pyrrole nitrogens is 2. The molecule has 0 amide bonds. The van der Waals surface area contributed by atoms with Crippen molar-refractivity contribution >= 4 is 5.65 Å². The van der Waals surface area contributed by atoms with Crippen LogP contribution in [0, 0.1) is 6.92 Å². The molecule has 6 nitrogen and oxygen atoms in total. The maximum absolute atomic E-state index is 5.68. The van der Waals surface area contributed by atoms with Crippen LogP contribution in [0.25, 0.3) is 16.9 Å². The molecule has 0 radical (unpaired) electrons. The molecule has 4 N–H and O–H groups in total. The first kappa shape index (κ1) is 9.98. The van der Waals surface area contributed by atoms with Crippen molar-refractivity contribution < 1.29 is 4.52 Å². The van der Waals surface area contributed by atoms with Gasteiger partial charge in [-0.25, -0.2) is 10.1 Å². The van der Waals surface area contributed by atoms with Crippen molar-refractivity contribution in [2.45, 2.75) is 13.5 Å². The molecule has 0 unspecified atom stereocenters. The van der Waals surface area contributed by atoms with Crippen LogP contribution < -0.4 is 10.2 Å². The number of nitrogens with zero attached hydrogens (tertiary/aromatic N) is 3. The molecule has 86 valence electrons. The Bertz CT molecular complexity index is 665. The zero-order valence-electron chi connectivity index (χ0n) is 9.44. The summed E-state index contributed by atoms with van der Waals surface area (Å²) in [5.74, 6) is 0. The maximum Gasteiger partial charge on any atom is 0.314 e. The van der Waals surface area contributed by atoms with Crippen LogP contribution in [0.5, 0.6) is 0 Å². The molecule has 0 saturated carbocycles. The van der Waals surface area contributed by atoms with E-state index >= 15 is 0 Å². The first-order valence-corrected chi connectivity index (χ1v) is 5.39. The molecule has 0 bridgehead atoms. The second-order valence-electron chi connectivity index (χ2n) is 3.91. The van der Waals surface area contributed by atoms with Crippen LogP contribution in [0.2, 0.25) is 0 Å². The van der Waals surface area contributed by atoms with Gasteiger partial charge in [0, 0.05) is 6.54 Å². The van der Waals surface area contributed by atoms with Crippen LogP contribution in [-0.4, -0.2) is 20.3 Å². The summed E-state index contributed by atoms with van der Waals surface area (Å²) in [7, 11) is 0. The predicted molar refractivity (Wildman–Crippen MR) is 62.0 cm³/mol. The monoisotopic (exact) mass is 229 g/mol. The molecule has 0 aliphatic heterocycles. The normalized spacial score (nSPS) is 11.2. The van der Waals surface area contributed by atoms with Crippen molar-refractivity contribution in [3.05, 3.63) is 35.9 Å². The Labute approximate surface area is 97.5 Å². The summed E-state index contributed by atoms with van der Waals surface area (Å²) in [5, 5.41) is 11.4. The SMILES string of the molecule is Cc1nnc(-c2c[nH][n+]3cc[nH]c23)cc1CN. The third-order valence-electron chi connectivity index (χ3n) is 2.87. The molecule has 3 heterocycles. The van der Waals surface area contributed by atoms with E-state index < -0.39 is 0 Å². The van der Waals surface area contributed by atoms with Gasteiger partial charge in [0.1, 0.15) is 17.5 Å². The minimum atomic E-state index is 0.472. The number of hydrogen-bond acceptors (Lipinski definition) is 3. The van der Waals surface area contributed by atoms with E-state index in [0.29, 0.717) is 6.54 Å². The average Bonchev–Trinajstić information content (AvgIpc) is 2.92. The van der Waals surface area contributed by atoms with Crippen LogP contribution in [0.15, 0.2) is 24.7 Å². The van der Waals surface area contributed by atoms with Gasteiger partial charge in [0.15, 0.2) is 6.20 Å². The smallest absolute Gasteiger partial charge is 0.314 e. The average molecular weight is 229 g/mol. The van der Waals surface area contributed by atoms with Crippen molar-refractivity contribution in [3.63, 3.8) is 0 Å². The number of aromatic nitrogens is 5. The van der Waals surface area contributed by atoms with Crippen LogP contribution in [0.3, 0.4) is 0 Å².